The average molecular weight is 480 g/mol. The van der Waals surface area contributed by atoms with Crippen LogP contribution >= 0.6 is 34.8 Å². The molecule has 0 bridgehead atoms. The molecular formula is C24H25Cl3N2O2. The van der Waals surface area contributed by atoms with Crippen molar-refractivity contribution in [1.82, 2.24) is 9.47 Å². The zero-order valence-corrected chi connectivity index (χ0v) is 19.7. The summed E-state index contributed by atoms with van der Waals surface area (Å²) in [6, 6.07) is 11.6. The first-order chi connectivity index (χ1) is 15.0. The number of aromatic nitrogens is 1. The number of nitrogens with zero attached hydrogens (tertiary/aromatic N) is 2. The van der Waals surface area contributed by atoms with Gasteiger partial charge in [-0.2, -0.15) is 0 Å². The molecule has 4 rings (SSSR count). The van der Waals surface area contributed by atoms with Crippen molar-refractivity contribution >= 4 is 51.6 Å². The molecule has 1 amide bonds. The van der Waals surface area contributed by atoms with Gasteiger partial charge in [0.15, 0.2) is 0 Å². The van der Waals surface area contributed by atoms with Gasteiger partial charge in [0.1, 0.15) is 0 Å². The van der Waals surface area contributed by atoms with Gasteiger partial charge in [0, 0.05) is 48.4 Å². The number of carbonyl (C=O) groups is 1. The number of fused-ring (bicyclic) bond motifs is 1. The number of benzene rings is 2. The molecule has 0 spiro atoms. The first-order valence-corrected chi connectivity index (χ1v) is 11.7. The largest absolute Gasteiger partial charge is 0.380 e. The fraction of sp³-hybridized carbons (Fsp3) is 0.375. The minimum atomic E-state index is -0.135. The number of likely N-dealkylation sites (tertiary alicyclic amines) is 1. The zero-order chi connectivity index (χ0) is 22.0. The minimum absolute atomic E-state index is 0.135. The summed E-state index contributed by atoms with van der Waals surface area (Å²) >= 11 is 18.5. The summed E-state index contributed by atoms with van der Waals surface area (Å²) in [4.78, 5) is 14.9. The number of rotatable bonds is 6. The lowest BCUT2D eigenvalue weighted by Crippen LogP contribution is -2.38. The summed E-state index contributed by atoms with van der Waals surface area (Å²) in [5.41, 5.74) is 2.91. The van der Waals surface area contributed by atoms with Crippen molar-refractivity contribution in [2.75, 3.05) is 26.3 Å². The van der Waals surface area contributed by atoms with Gasteiger partial charge < -0.3 is 14.2 Å². The molecule has 0 unspecified atom stereocenters. The predicted molar refractivity (Wildman–Crippen MR) is 128 cm³/mol. The Hall–Kier alpha value is -1.72. The number of amides is 1. The van der Waals surface area contributed by atoms with Gasteiger partial charge in [-0.25, -0.2) is 0 Å². The lowest BCUT2D eigenvalue weighted by molar-refractivity contribution is 0.0713. The van der Waals surface area contributed by atoms with Crippen molar-refractivity contribution in [3.05, 3.63) is 68.8 Å². The van der Waals surface area contributed by atoms with E-state index in [-0.39, 0.29) is 5.91 Å². The Kier molecular flexibility index (Phi) is 7.12. The first kappa shape index (κ1) is 22.5. The SMILES string of the molecule is CCOCCn1cc(C2CCN(C(=O)c3c(Cl)cc(Cl)cc3Cl)CC2)c2ccccc21. The Bertz CT molecular complexity index is 1060. The predicted octanol–water partition coefficient (Wildman–Crippen LogP) is 6.66. The summed E-state index contributed by atoms with van der Waals surface area (Å²) in [6.07, 6.45) is 4.06. The Balaban J connectivity index is 1.50. The molecule has 7 heteroatoms. The molecule has 0 atom stereocenters. The fourth-order valence-corrected chi connectivity index (χ4v) is 5.37. The number of ether oxygens (including phenoxy) is 1. The second-order valence-corrected chi connectivity index (χ2v) is 9.05. The summed E-state index contributed by atoms with van der Waals surface area (Å²) < 4.78 is 7.84. The van der Waals surface area contributed by atoms with Gasteiger partial charge in [-0.1, -0.05) is 53.0 Å². The van der Waals surface area contributed by atoms with Crippen molar-refractivity contribution in [2.24, 2.45) is 0 Å². The standard InChI is InChI=1S/C24H25Cl3N2O2/c1-2-31-12-11-29-15-19(18-5-3-4-6-22(18)29)16-7-9-28(10-8-16)24(30)23-20(26)13-17(25)14-21(23)27/h3-6,13-16H,2,7-12H2,1H3. The van der Waals surface area contributed by atoms with E-state index in [9.17, 15) is 4.79 Å². The van der Waals surface area contributed by atoms with E-state index in [2.05, 4.69) is 35.0 Å². The maximum atomic E-state index is 13.1. The van der Waals surface area contributed by atoms with Crippen molar-refractivity contribution in [2.45, 2.75) is 32.2 Å². The lowest BCUT2D eigenvalue weighted by Gasteiger charge is -2.32. The van der Waals surface area contributed by atoms with E-state index in [0.29, 0.717) is 46.2 Å². The van der Waals surface area contributed by atoms with Crippen LogP contribution in [0, 0.1) is 0 Å². The van der Waals surface area contributed by atoms with E-state index in [1.165, 1.54) is 16.5 Å². The molecule has 2 aromatic carbocycles. The highest BCUT2D eigenvalue weighted by Gasteiger charge is 2.28. The fourth-order valence-electron chi connectivity index (χ4n) is 4.39. The zero-order valence-electron chi connectivity index (χ0n) is 17.4. The normalized spacial score (nSPS) is 15.0. The van der Waals surface area contributed by atoms with Crippen LogP contribution in [0.25, 0.3) is 10.9 Å². The molecule has 0 saturated carbocycles. The number of halogens is 3. The van der Waals surface area contributed by atoms with Crippen LogP contribution < -0.4 is 0 Å². The highest BCUT2D eigenvalue weighted by Crippen LogP contribution is 2.36. The maximum Gasteiger partial charge on any atom is 0.256 e. The first-order valence-electron chi connectivity index (χ1n) is 10.6. The third-order valence-corrected chi connectivity index (χ3v) is 6.76. The van der Waals surface area contributed by atoms with Crippen molar-refractivity contribution in [3.63, 3.8) is 0 Å². The second kappa shape index (κ2) is 9.83. The summed E-state index contributed by atoms with van der Waals surface area (Å²) in [5.74, 6) is 0.266. The van der Waals surface area contributed by atoms with Crippen LogP contribution in [0.1, 0.15) is 41.6 Å². The van der Waals surface area contributed by atoms with E-state index in [0.717, 1.165) is 26.0 Å². The van der Waals surface area contributed by atoms with Crippen LogP contribution in [0.2, 0.25) is 15.1 Å². The van der Waals surface area contributed by atoms with Crippen molar-refractivity contribution in [3.8, 4) is 0 Å². The van der Waals surface area contributed by atoms with Gasteiger partial charge >= 0.3 is 0 Å². The Morgan fingerprint density at radius 1 is 1.10 bits per heavy atom. The summed E-state index contributed by atoms with van der Waals surface area (Å²) in [5, 5.41) is 2.29. The Morgan fingerprint density at radius 3 is 2.45 bits per heavy atom. The second-order valence-electron chi connectivity index (χ2n) is 7.80. The number of piperidine rings is 1. The lowest BCUT2D eigenvalue weighted by atomic mass is 9.89. The van der Waals surface area contributed by atoms with Gasteiger partial charge in [0.25, 0.3) is 5.91 Å². The van der Waals surface area contributed by atoms with E-state index in [4.69, 9.17) is 39.5 Å². The minimum Gasteiger partial charge on any atom is -0.380 e. The quantitative estimate of drug-likeness (QED) is 0.371. The van der Waals surface area contributed by atoms with Gasteiger partial charge in [0.2, 0.25) is 0 Å². The molecule has 3 aromatic rings. The van der Waals surface area contributed by atoms with Crippen LogP contribution in [0.5, 0.6) is 0 Å². The van der Waals surface area contributed by atoms with Gasteiger partial charge in [-0.05, 0) is 49.4 Å². The molecule has 1 saturated heterocycles. The molecule has 2 heterocycles. The average Bonchev–Trinajstić information content (AvgIpc) is 3.12. The van der Waals surface area contributed by atoms with Gasteiger partial charge in [-0.3, -0.25) is 4.79 Å². The third-order valence-electron chi connectivity index (χ3n) is 5.94. The number of carbonyl (C=O) groups excluding carboxylic acids is 1. The molecule has 4 nitrogen and oxygen atoms in total. The highest BCUT2D eigenvalue weighted by molar-refractivity contribution is 6.42. The summed E-state index contributed by atoms with van der Waals surface area (Å²) in [6.45, 7) is 5.59. The molecule has 0 N–H and O–H groups in total. The van der Waals surface area contributed by atoms with Crippen LogP contribution in [-0.2, 0) is 11.3 Å². The van der Waals surface area contributed by atoms with Gasteiger partial charge in [-0.15, -0.1) is 0 Å². The van der Waals surface area contributed by atoms with Crippen LogP contribution in [-0.4, -0.2) is 41.7 Å². The molecule has 0 radical (unpaired) electrons. The summed E-state index contributed by atoms with van der Waals surface area (Å²) in [7, 11) is 0. The van der Waals surface area contributed by atoms with Crippen LogP contribution in [0.3, 0.4) is 0 Å². The highest BCUT2D eigenvalue weighted by atomic mass is 35.5. The monoisotopic (exact) mass is 478 g/mol. The smallest absolute Gasteiger partial charge is 0.256 e. The Labute approximate surface area is 197 Å². The van der Waals surface area contributed by atoms with Gasteiger partial charge in [0.05, 0.1) is 22.2 Å². The molecule has 164 valence electrons. The molecule has 1 aliphatic rings. The molecule has 1 aromatic heterocycles. The van der Waals surface area contributed by atoms with E-state index < -0.39 is 0 Å². The topological polar surface area (TPSA) is 34.5 Å². The number of para-hydroxylation sites is 1. The number of hydrogen-bond donors (Lipinski definition) is 0. The van der Waals surface area contributed by atoms with E-state index in [1.54, 1.807) is 12.1 Å². The molecule has 1 fully saturated rings. The molecule has 1 aliphatic heterocycles. The van der Waals surface area contributed by atoms with E-state index in [1.807, 2.05) is 11.8 Å². The third kappa shape index (κ3) is 4.73. The maximum absolute atomic E-state index is 13.1. The van der Waals surface area contributed by atoms with Crippen LogP contribution in [0.15, 0.2) is 42.6 Å². The molecular weight excluding hydrogens is 455 g/mol. The van der Waals surface area contributed by atoms with Crippen molar-refractivity contribution < 1.29 is 9.53 Å². The van der Waals surface area contributed by atoms with Crippen LogP contribution in [0.4, 0.5) is 0 Å². The molecule has 0 aliphatic carbocycles. The van der Waals surface area contributed by atoms with Crippen molar-refractivity contribution in [1.29, 1.82) is 0 Å². The Morgan fingerprint density at radius 2 is 1.77 bits per heavy atom. The molecule has 31 heavy (non-hydrogen) atoms. The number of hydrogen-bond acceptors (Lipinski definition) is 2. The van der Waals surface area contributed by atoms with E-state index >= 15 is 0 Å².